The van der Waals surface area contributed by atoms with Gasteiger partial charge in [-0.3, -0.25) is 14.6 Å². The van der Waals surface area contributed by atoms with E-state index in [2.05, 4.69) is 16.4 Å². The molecule has 0 aliphatic carbocycles. The number of anilines is 1. The van der Waals surface area contributed by atoms with Gasteiger partial charge in [-0.05, 0) is 54.8 Å². The molecule has 0 saturated carbocycles. The van der Waals surface area contributed by atoms with Crippen LogP contribution in [0.25, 0.3) is 11.0 Å². The first-order valence-electron chi connectivity index (χ1n) is 9.53. The molecule has 2 aromatic heterocycles. The monoisotopic (exact) mass is 388 g/mol. The fourth-order valence-electron chi connectivity index (χ4n) is 3.54. The van der Waals surface area contributed by atoms with Gasteiger partial charge < -0.3 is 14.6 Å². The van der Waals surface area contributed by atoms with Crippen LogP contribution < -0.4 is 5.32 Å². The Bertz CT molecular complexity index is 1080. The van der Waals surface area contributed by atoms with Crippen LogP contribution in [0.2, 0.25) is 0 Å². The van der Waals surface area contributed by atoms with E-state index in [0.29, 0.717) is 24.4 Å². The molecule has 1 aliphatic rings. The molecule has 1 unspecified atom stereocenters. The van der Waals surface area contributed by atoms with E-state index in [1.165, 1.54) is 0 Å². The number of nitrogens with zero attached hydrogens (tertiary/aromatic N) is 3. The van der Waals surface area contributed by atoms with Crippen molar-refractivity contribution in [2.75, 3.05) is 18.4 Å². The summed E-state index contributed by atoms with van der Waals surface area (Å²) in [5, 5.41) is 12.7. The molecular weight excluding hydrogens is 368 g/mol. The van der Waals surface area contributed by atoms with Gasteiger partial charge in [0.2, 0.25) is 5.91 Å². The molecule has 29 heavy (non-hydrogen) atoms. The maximum Gasteiger partial charge on any atom is 0.289 e. The highest BCUT2D eigenvalue weighted by Gasteiger charge is 2.26. The molecule has 1 N–H and O–H groups in total. The number of aromatic nitrogens is 1. The number of carbonyl (C=O) groups excluding carboxylic acids is 2. The fraction of sp³-hybridized carbons (Fsp3) is 0.273. The predicted octanol–water partition coefficient (Wildman–Crippen LogP) is 3.38. The molecule has 7 heteroatoms. The van der Waals surface area contributed by atoms with Crippen molar-refractivity contribution >= 4 is 28.5 Å². The van der Waals surface area contributed by atoms with Gasteiger partial charge in [-0.25, -0.2) is 0 Å². The Kier molecular flexibility index (Phi) is 5.25. The van der Waals surface area contributed by atoms with E-state index in [-0.39, 0.29) is 29.9 Å². The Morgan fingerprint density at radius 3 is 2.86 bits per heavy atom. The third-order valence-electron chi connectivity index (χ3n) is 5.02. The van der Waals surface area contributed by atoms with Crippen LogP contribution in [0.5, 0.6) is 0 Å². The zero-order chi connectivity index (χ0) is 20.2. The average molecular weight is 388 g/mol. The number of hydrogen-bond acceptors (Lipinski definition) is 5. The zero-order valence-electron chi connectivity index (χ0n) is 15.8. The lowest BCUT2D eigenvalue weighted by atomic mass is 9.99. The minimum atomic E-state index is -0.204. The number of nitrogens with one attached hydrogen (secondary N) is 1. The molecule has 1 fully saturated rings. The minimum absolute atomic E-state index is 0.126. The Labute approximate surface area is 167 Å². The number of fused-ring (bicyclic) bond motifs is 1. The summed E-state index contributed by atoms with van der Waals surface area (Å²) in [5.41, 5.74) is 2.10. The number of pyridine rings is 1. The van der Waals surface area contributed by atoms with Crippen LogP contribution in [0.4, 0.5) is 5.69 Å². The van der Waals surface area contributed by atoms with E-state index >= 15 is 0 Å². The lowest BCUT2D eigenvalue weighted by molar-refractivity contribution is -0.115. The molecule has 0 bridgehead atoms. The van der Waals surface area contributed by atoms with Gasteiger partial charge in [-0.1, -0.05) is 0 Å². The summed E-state index contributed by atoms with van der Waals surface area (Å²) in [6.45, 7) is 1.06. The molecule has 0 radical (unpaired) electrons. The Morgan fingerprint density at radius 1 is 1.24 bits per heavy atom. The summed E-state index contributed by atoms with van der Waals surface area (Å²) in [4.78, 5) is 30.6. The summed E-state index contributed by atoms with van der Waals surface area (Å²) in [6, 6.07) is 12.8. The van der Waals surface area contributed by atoms with Crippen LogP contribution in [0.15, 0.2) is 53.2 Å². The molecule has 146 valence electrons. The zero-order valence-corrected chi connectivity index (χ0v) is 15.8. The maximum atomic E-state index is 12.7. The number of rotatable bonds is 4. The molecule has 4 rings (SSSR count). The van der Waals surface area contributed by atoms with E-state index in [1.54, 1.807) is 53.7 Å². The van der Waals surface area contributed by atoms with Crippen molar-refractivity contribution in [1.29, 1.82) is 5.26 Å². The number of piperidine rings is 1. The van der Waals surface area contributed by atoms with Crippen LogP contribution in [0, 0.1) is 17.2 Å². The van der Waals surface area contributed by atoms with E-state index in [4.69, 9.17) is 9.68 Å². The number of likely N-dealkylation sites (tertiary alicyclic amines) is 1. The van der Waals surface area contributed by atoms with Gasteiger partial charge in [0, 0.05) is 36.6 Å². The highest BCUT2D eigenvalue weighted by molar-refractivity contribution is 5.98. The number of benzene rings is 1. The quantitative estimate of drug-likeness (QED) is 0.739. The Hall–Kier alpha value is -3.66. The average Bonchev–Trinajstić information content (AvgIpc) is 3.17. The lowest BCUT2D eigenvalue weighted by Crippen LogP contribution is -2.39. The fourth-order valence-corrected chi connectivity index (χ4v) is 3.54. The summed E-state index contributed by atoms with van der Waals surface area (Å²) in [5.74, 6) is -0.214. The molecule has 7 nitrogen and oxygen atoms in total. The topological polar surface area (TPSA) is 99.2 Å². The first-order chi connectivity index (χ1) is 14.1. The summed E-state index contributed by atoms with van der Waals surface area (Å²) in [7, 11) is 0. The minimum Gasteiger partial charge on any atom is -0.451 e. The molecule has 1 saturated heterocycles. The van der Waals surface area contributed by atoms with Gasteiger partial charge in [0.25, 0.3) is 5.91 Å². The van der Waals surface area contributed by atoms with Gasteiger partial charge >= 0.3 is 0 Å². The lowest BCUT2D eigenvalue weighted by Gasteiger charge is -2.28. The number of amides is 2. The first kappa shape index (κ1) is 18.7. The largest absolute Gasteiger partial charge is 0.451 e. The molecule has 3 aromatic rings. The van der Waals surface area contributed by atoms with Gasteiger partial charge in [0.15, 0.2) is 5.76 Å². The molecule has 0 spiro atoms. The highest BCUT2D eigenvalue weighted by Crippen LogP contribution is 2.25. The number of carbonyl (C=O) groups is 2. The van der Waals surface area contributed by atoms with Crippen LogP contribution in [-0.2, 0) is 11.2 Å². The summed E-state index contributed by atoms with van der Waals surface area (Å²) in [6.07, 6.45) is 5.20. The van der Waals surface area contributed by atoms with Crippen molar-refractivity contribution < 1.29 is 14.0 Å². The van der Waals surface area contributed by atoms with E-state index in [1.807, 2.05) is 0 Å². The normalized spacial score (nSPS) is 16.4. The highest BCUT2D eigenvalue weighted by atomic mass is 16.3. The standard InChI is InChI=1S/C22H20N4O3/c23-13-16-2-1-9-26(14-16)22(28)20-12-17-11-18(3-4-19(17)29-20)25-21(27)10-15-5-7-24-8-6-15/h3-8,11-12,16H,1-2,9-10,14H2,(H,25,27). The number of furan rings is 1. The SMILES string of the molecule is N#CC1CCCN(C(=O)c2cc3cc(NC(=O)Cc4ccncc4)ccc3o2)C1. The summed E-state index contributed by atoms with van der Waals surface area (Å²) >= 11 is 0. The third kappa shape index (κ3) is 4.27. The van der Waals surface area contributed by atoms with Crippen molar-refractivity contribution in [3.8, 4) is 6.07 Å². The van der Waals surface area contributed by atoms with Crippen molar-refractivity contribution in [3.63, 3.8) is 0 Å². The Balaban J connectivity index is 1.47. The van der Waals surface area contributed by atoms with Gasteiger partial charge in [-0.2, -0.15) is 5.26 Å². The number of nitriles is 1. The second-order valence-electron chi connectivity index (χ2n) is 7.16. The van der Waals surface area contributed by atoms with Crippen LogP contribution in [-0.4, -0.2) is 34.8 Å². The second kappa shape index (κ2) is 8.15. The Morgan fingerprint density at radius 2 is 2.07 bits per heavy atom. The number of hydrogen-bond donors (Lipinski definition) is 1. The van der Waals surface area contributed by atoms with Crippen LogP contribution in [0.1, 0.15) is 29.0 Å². The van der Waals surface area contributed by atoms with Crippen molar-refractivity contribution in [2.24, 2.45) is 5.92 Å². The van der Waals surface area contributed by atoms with Crippen molar-refractivity contribution in [1.82, 2.24) is 9.88 Å². The molecule has 3 heterocycles. The van der Waals surface area contributed by atoms with Crippen molar-refractivity contribution in [3.05, 3.63) is 60.1 Å². The van der Waals surface area contributed by atoms with Gasteiger partial charge in [-0.15, -0.1) is 0 Å². The molecule has 2 amide bonds. The molecule has 1 aliphatic heterocycles. The van der Waals surface area contributed by atoms with Crippen LogP contribution in [0.3, 0.4) is 0 Å². The first-order valence-corrected chi connectivity index (χ1v) is 9.53. The van der Waals surface area contributed by atoms with Gasteiger partial charge in [0.05, 0.1) is 18.4 Å². The molecule has 1 aromatic carbocycles. The smallest absolute Gasteiger partial charge is 0.289 e. The van der Waals surface area contributed by atoms with Gasteiger partial charge in [0.1, 0.15) is 5.58 Å². The van der Waals surface area contributed by atoms with Crippen LogP contribution >= 0.6 is 0 Å². The van der Waals surface area contributed by atoms with E-state index in [0.717, 1.165) is 23.8 Å². The van der Waals surface area contributed by atoms with E-state index in [9.17, 15) is 9.59 Å². The van der Waals surface area contributed by atoms with E-state index < -0.39 is 0 Å². The third-order valence-corrected chi connectivity index (χ3v) is 5.02. The van der Waals surface area contributed by atoms with Crippen molar-refractivity contribution in [2.45, 2.75) is 19.3 Å². The summed E-state index contributed by atoms with van der Waals surface area (Å²) < 4.78 is 5.71. The maximum absolute atomic E-state index is 12.7. The second-order valence-corrected chi connectivity index (χ2v) is 7.16. The molecule has 1 atom stereocenters. The predicted molar refractivity (Wildman–Crippen MR) is 107 cm³/mol. The molecular formula is C22H20N4O3.